The minimum atomic E-state index is -3.85. The van der Waals surface area contributed by atoms with Gasteiger partial charge in [-0.15, -0.1) is 0 Å². The lowest BCUT2D eigenvalue weighted by molar-refractivity contribution is -0.116. The molecule has 0 saturated carbocycles. The second kappa shape index (κ2) is 9.21. The topological polar surface area (TPSA) is 121 Å². The van der Waals surface area contributed by atoms with Crippen molar-refractivity contribution in [3.05, 3.63) is 54.3 Å². The highest BCUT2D eigenvalue weighted by molar-refractivity contribution is 7.89. The van der Waals surface area contributed by atoms with Crippen molar-refractivity contribution in [3.63, 3.8) is 0 Å². The van der Waals surface area contributed by atoms with Crippen LogP contribution in [0.15, 0.2) is 58.3 Å². The number of benzene rings is 2. The molecule has 0 unspecified atom stereocenters. The number of hydrogen-bond acceptors (Lipinski definition) is 5. The lowest BCUT2D eigenvalue weighted by Crippen LogP contribution is -2.40. The fourth-order valence-electron chi connectivity index (χ4n) is 2.40. The van der Waals surface area contributed by atoms with Crippen LogP contribution in [0.1, 0.15) is 27.2 Å². The van der Waals surface area contributed by atoms with Crippen LogP contribution in [-0.2, 0) is 24.8 Å². The average molecular weight is 458 g/mol. The summed E-state index contributed by atoms with van der Waals surface area (Å²) in [5.41, 5.74) is -0.261. The van der Waals surface area contributed by atoms with Crippen LogP contribution < -0.4 is 14.8 Å². The summed E-state index contributed by atoms with van der Waals surface area (Å²) in [5, 5.41) is 2.56. The second-order valence-corrected chi connectivity index (χ2v) is 11.0. The van der Waals surface area contributed by atoms with Gasteiger partial charge in [-0.1, -0.05) is 0 Å². The summed E-state index contributed by atoms with van der Waals surface area (Å²) < 4.78 is 66.4. The third-order valence-electron chi connectivity index (χ3n) is 3.66. The summed E-state index contributed by atoms with van der Waals surface area (Å²) >= 11 is 0. The van der Waals surface area contributed by atoms with Gasteiger partial charge in [-0.05, 0) is 69.3 Å². The Kier molecular flexibility index (Phi) is 7.35. The molecule has 0 saturated heterocycles. The highest BCUT2D eigenvalue weighted by Crippen LogP contribution is 2.16. The summed E-state index contributed by atoms with van der Waals surface area (Å²) in [6, 6.07) is 9.92. The van der Waals surface area contributed by atoms with Crippen LogP contribution in [0.5, 0.6) is 0 Å². The van der Waals surface area contributed by atoms with Gasteiger partial charge < -0.3 is 5.32 Å². The van der Waals surface area contributed by atoms with Crippen LogP contribution in [0.4, 0.5) is 10.1 Å². The van der Waals surface area contributed by atoms with E-state index >= 15 is 0 Å². The molecule has 0 spiro atoms. The number of carbonyl (C=O) groups is 1. The van der Waals surface area contributed by atoms with Crippen molar-refractivity contribution in [2.75, 3.05) is 11.9 Å². The summed E-state index contributed by atoms with van der Waals surface area (Å²) in [4.78, 5) is 12.0. The van der Waals surface area contributed by atoms with Crippen LogP contribution in [0.2, 0.25) is 0 Å². The highest BCUT2D eigenvalue weighted by atomic mass is 32.2. The van der Waals surface area contributed by atoms with E-state index in [9.17, 15) is 26.0 Å². The molecule has 1 amide bonds. The number of sulfonamides is 2. The van der Waals surface area contributed by atoms with E-state index in [4.69, 9.17) is 0 Å². The fraction of sp³-hybridized carbons (Fsp3) is 0.316. The molecule has 2 aromatic rings. The fourth-order valence-corrected chi connectivity index (χ4v) is 4.85. The van der Waals surface area contributed by atoms with Gasteiger partial charge in [0.05, 0.1) is 9.79 Å². The monoisotopic (exact) mass is 457 g/mol. The van der Waals surface area contributed by atoms with Crippen LogP contribution in [0, 0.1) is 5.82 Å². The molecule has 3 N–H and O–H groups in total. The first-order chi connectivity index (χ1) is 13.8. The number of hydrogen-bond donors (Lipinski definition) is 3. The Morgan fingerprint density at radius 3 is 1.90 bits per heavy atom. The number of halogens is 1. The van der Waals surface area contributed by atoms with Gasteiger partial charge in [-0.2, -0.15) is 0 Å². The quantitative estimate of drug-likeness (QED) is 0.561. The predicted molar refractivity (Wildman–Crippen MR) is 111 cm³/mol. The van der Waals surface area contributed by atoms with Crippen molar-refractivity contribution in [2.45, 2.75) is 42.5 Å². The van der Waals surface area contributed by atoms with Gasteiger partial charge in [0.1, 0.15) is 5.82 Å². The molecule has 11 heteroatoms. The average Bonchev–Trinajstić information content (AvgIpc) is 2.60. The first-order valence-corrected chi connectivity index (χ1v) is 11.9. The molecule has 0 aliphatic heterocycles. The molecule has 8 nitrogen and oxygen atoms in total. The number of rotatable bonds is 8. The molecule has 0 radical (unpaired) electrons. The van der Waals surface area contributed by atoms with Crippen LogP contribution in [-0.4, -0.2) is 34.8 Å². The van der Waals surface area contributed by atoms with Crippen molar-refractivity contribution in [1.29, 1.82) is 0 Å². The van der Waals surface area contributed by atoms with Gasteiger partial charge in [0.2, 0.25) is 26.0 Å². The molecular weight excluding hydrogens is 433 g/mol. The van der Waals surface area contributed by atoms with E-state index in [-0.39, 0.29) is 22.8 Å². The lowest BCUT2D eigenvalue weighted by Gasteiger charge is -2.20. The standard InChI is InChI=1S/C19H24FN3O5S2/c1-19(2,3)23-30(27,28)17-10-6-15(7-11-17)22-18(24)12-13-21-29(25,26)16-8-4-14(20)5-9-16/h4-11,21,23H,12-13H2,1-3H3,(H,22,24). The lowest BCUT2D eigenvalue weighted by atomic mass is 10.1. The normalized spacial score (nSPS) is 12.5. The summed E-state index contributed by atoms with van der Waals surface area (Å²) in [6.45, 7) is 5.02. The van der Waals surface area contributed by atoms with Crippen LogP contribution in [0.3, 0.4) is 0 Å². The third-order valence-corrected chi connectivity index (χ3v) is 6.91. The van der Waals surface area contributed by atoms with E-state index in [1.807, 2.05) is 0 Å². The maximum atomic E-state index is 12.9. The summed E-state index contributed by atoms with van der Waals surface area (Å²) in [6.07, 6.45) is -0.147. The zero-order valence-electron chi connectivity index (χ0n) is 16.8. The SMILES string of the molecule is CC(C)(C)NS(=O)(=O)c1ccc(NC(=O)CCNS(=O)(=O)c2ccc(F)cc2)cc1. The molecule has 30 heavy (non-hydrogen) atoms. The number of anilines is 1. The molecule has 0 atom stereocenters. The minimum absolute atomic E-state index is 0.0579. The minimum Gasteiger partial charge on any atom is -0.326 e. The second-order valence-electron chi connectivity index (χ2n) is 7.53. The van der Waals surface area contributed by atoms with Gasteiger partial charge in [0.15, 0.2) is 0 Å². The molecule has 0 aromatic heterocycles. The smallest absolute Gasteiger partial charge is 0.241 e. The molecule has 164 valence electrons. The van der Waals surface area contributed by atoms with Crippen molar-refractivity contribution >= 4 is 31.6 Å². The van der Waals surface area contributed by atoms with Gasteiger partial charge in [-0.25, -0.2) is 30.7 Å². The Morgan fingerprint density at radius 1 is 0.867 bits per heavy atom. The van der Waals surface area contributed by atoms with Crippen molar-refractivity contribution in [2.24, 2.45) is 0 Å². The predicted octanol–water partition coefficient (Wildman–Crippen LogP) is 2.21. The zero-order chi connectivity index (χ0) is 22.6. The molecule has 0 bridgehead atoms. The van der Waals surface area contributed by atoms with E-state index in [1.54, 1.807) is 20.8 Å². The summed E-state index contributed by atoms with van der Waals surface area (Å²) in [5.74, 6) is -1.01. The first kappa shape index (κ1) is 23.9. The van der Waals surface area contributed by atoms with Crippen molar-refractivity contribution in [1.82, 2.24) is 9.44 Å². The van der Waals surface area contributed by atoms with E-state index in [0.29, 0.717) is 5.69 Å². The van der Waals surface area contributed by atoms with E-state index in [0.717, 1.165) is 24.3 Å². The van der Waals surface area contributed by atoms with E-state index in [1.165, 1.54) is 24.3 Å². The molecule has 0 heterocycles. The Hall–Kier alpha value is -2.34. The van der Waals surface area contributed by atoms with Crippen molar-refractivity contribution in [3.8, 4) is 0 Å². The Labute approximate surface area is 176 Å². The Morgan fingerprint density at radius 2 is 1.37 bits per heavy atom. The molecule has 0 fully saturated rings. The molecule has 2 rings (SSSR count). The highest BCUT2D eigenvalue weighted by Gasteiger charge is 2.22. The number of amides is 1. The Bertz CT molecular complexity index is 1090. The van der Waals surface area contributed by atoms with Gasteiger partial charge in [0, 0.05) is 24.2 Å². The van der Waals surface area contributed by atoms with E-state index < -0.39 is 37.3 Å². The maximum Gasteiger partial charge on any atom is 0.241 e. The third kappa shape index (κ3) is 7.17. The number of nitrogens with one attached hydrogen (secondary N) is 3. The van der Waals surface area contributed by atoms with Gasteiger partial charge in [0.25, 0.3) is 0 Å². The van der Waals surface area contributed by atoms with Gasteiger partial charge >= 0.3 is 0 Å². The van der Waals surface area contributed by atoms with Gasteiger partial charge in [-0.3, -0.25) is 4.79 Å². The molecule has 2 aromatic carbocycles. The molecule has 0 aliphatic rings. The number of carbonyl (C=O) groups excluding carboxylic acids is 1. The molecule has 0 aliphatic carbocycles. The molecular formula is C19H24FN3O5S2. The van der Waals surface area contributed by atoms with E-state index in [2.05, 4.69) is 14.8 Å². The maximum absolute atomic E-state index is 12.9. The van der Waals surface area contributed by atoms with Crippen LogP contribution >= 0.6 is 0 Å². The first-order valence-electron chi connectivity index (χ1n) is 8.98. The van der Waals surface area contributed by atoms with Crippen LogP contribution in [0.25, 0.3) is 0 Å². The Balaban J connectivity index is 1.90. The zero-order valence-corrected chi connectivity index (χ0v) is 18.4. The largest absolute Gasteiger partial charge is 0.326 e. The van der Waals surface area contributed by atoms with Crippen molar-refractivity contribution < 1.29 is 26.0 Å². The summed E-state index contributed by atoms with van der Waals surface area (Å²) in [7, 11) is -7.54.